The molecule has 0 radical (unpaired) electrons. The van der Waals surface area contributed by atoms with Crippen molar-refractivity contribution in [3.8, 4) is 11.1 Å². The Morgan fingerprint density at radius 2 is 2.03 bits per heavy atom. The van der Waals surface area contributed by atoms with Gasteiger partial charge in [-0.05, 0) is 37.0 Å². The van der Waals surface area contributed by atoms with E-state index in [9.17, 15) is 27.6 Å². The van der Waals surface area contributed by atoms with Crippen LogP contribution < -0.4 is 11.1 Å². The summed E-state index contributed by atoms with van der Waals surface area (Å²) < 4.78 is 39.9. The van der Waals surface area contributed by atoms with Gasteiger partial charge >= 0.3 is 12.2 Å². The molecule has 0 aliphatic carbocycles. The van der Waals surface area contributed by atoms with Gasteiger partial charge in [-0.15, -0.1) is 0 Å². The van der Waals surface area contributed by atoms with Gasteiger partial charge in [0.1, 0.15) is 0 Å². The Morgan fingerprint density at radius 1 is 1.23 bits per heavy atom. The van der Waals surface area contributed by atoms with E-state index < -0.39 is 23.8 Å². The van der Waals surface area contributed by atoms with Gasteiger partial charge in [0.2, 0.25) is 17.8 Å². The van der Waals surface area contributed by atoms with Crippen LogP contribution in [0.4, 0.5) is 23.9 Å². The molecule has 2 aromatic rings. The molecule has 12 heteroatoms. The Balaban J connectivity index is 1.62. The number of anilines is 1. The molecule has 1 aromatic heterocycles. The molecular weight excluding hydrogens is 465 g/mol. The largest absolute Gasteiger partial charge is 0.416 e. The van der Waals surface area contributed by atoms with Gasteiger partial charge in [-0.1, -0.05) is 12.1 Å². The van der Waals surface area contributed by atoms with Gasteiger partial charge in [-0.25, -0.2) is 14.8 Å². The smallest absolute Gasteiger partial charge is 0.368 e. The normalized spacial score (nSPS) is 19.0. The maximum absolute atomic E-state index is 13.3. The van der Waals surface area contributed by atoms with Crippen molar-refractivity contribution in [1.82, 2.24) is 25.1 Å². The van der Waals surface area contributed by atoms with Crippen LogP contribution in [0.2, 0.25) is 0 Å². The van der Waals surface area contributed by atoms with Crippen molar-refractivity contribution >= 4 is 23.8 Å². The SMILES string of the molecule is Nc1ncc(-c2cccc(C(F)(F)F)c2)c([C@H]2CCCCN2C(=O)CCN2C(=O)CCNC2=O)n1. The molecule has 1 atom stereocenters. The van der Waals surface area contributed by atoms with E-state index in [1.807, 2.05) is 0 Å². The third kappa shape index (κ3) is 5.36. The van der Waals surface area contributed by atoms with E-state index >= 15 is 0 Å². The number of urea groups is 1. The molecule has 3 N–H and O–H groups in total. The highest BCUT2D eigenvalue weighted by atomic mass is 19.4. The maximum Gasteiger partial charge on any atom is 0.416 e. The van der Waals surface area contributed by atoms with Gasteiger partial charge in [0.25, 0.3) is 0 Å². The first kappa shape index (κ1) is 24.4. The third-order valence-electron chi connectivity index (χ3n) is 6.19. The lowest BCUT2D eigenvalue weighted by Gasteiger charge is -2.37. The van der Waals surface area contributed by atoms with Crippen LogP contribution in [0.5, 0.6) is 0 Å². The number of rotatable bonds is 5. The van der Waals surface area contributed by atoms with Crippen molar-refractivity contribution in [1.29, 1.82) is 0 Å². The highest BCUT2D eigenvalue weighted by Crippen LogP contribution is 2.38. The molecule has 2 saturated heterocycles. The zero-order valence-electron chi connectivity index (χ0n) is 18.8. The summed E-state index contributed by atoms with van der Waals surface area (Å²) >= 11 is 0. The van der Waals surface area contributed by atoms with E-state index in [1.165, 1.54) is 18.3 Å². The number of amides is 4. The number of alkyl halides is 3. The fraction of sp³-hybridized carbons (Fsp3) is 0.435. The lowest BCUT2D eigenvalue weighted by Crippen LogP contribution is -2.51. The average Bonchev–Trinajstić information content (AvgIpc) is 2.83. The number of benzene rings is 1. The average molecular weight is 490 g/mol. The topological polar surface area (TPSA) is 122 Å². The molecule has 186 valence electrons. The Kier molecular flexibility index (Phi) is 6.90. The molecule has 0 saturated carbocycles. The zero-order chi connectivity index (χ0) is 25.2. The summed E-state index contributed by atoms with van der Waals surface area (Å²) in [6.07, 6.45) is -0.978. The molecule has 4 rings (SSSR count). The first-order valence-corrected chi connectivity index (χ1v) is 11.3. The van der Waals surface area contributed by atoms with E-state index in [4.69, 9.17) is 5.73 Å². The van der Waals surface area contributed by atoms with Crippen LogP contribution in [0.15, 0.2) is 30.5 Å². The summed E-state index contributed by atoms with van der Waals surface area (Å²) in [7, 11) is 0. The van der Waals surface area contributed by atoms with Crippen LogP contribution in [0.25, 0.3) is 11.1 Å². The quantitative estimate of drug-likeness (QED) is 0.664. The number of aromatic nitrogens is 2. The second-order valence-electron chi connectivity index (χ2n) is 8.48. The fourth-order valence-electron chi connectivity index (χ4n) is 4.46. The molecule has 4 amide bonds. The molecule has 35 heavy (non-hydrogen) atoms. The Hall–Kier alpha value is -3.70. The molecule has 9 nitrogen and oxygen atoms in total. The number of hydrogen-bond donors (Lipinski definition) is 2. The Bertz CT molecular complexity index is 1120. The van der Waals surface area contributed by atoms with Crippen molar-refractivity contribution in [3.05, 3.63) is 41.7 Å². The number of nitrogen functional groups attached to an aromatic ring is 1. The first-order valence-electron chi connectivity index (χ1n) is 11.3. The monoisotopic (exact) mass is 490 g/mol. The van der Waals surface area contributed by atoms with E-state index in [0.717, 1.165) is 29.9 Å². The van der Waals surface area contributed by atoms with Crippen LogP contribution in [0, 0.1) is 0 Å². The number of carbonyl (C=O) groups excluding carboxylic acids is 3. The van der Waals surface area contributed by atoms with Gasteiger partial charge in [-0.3, -0.25) is 14.5 Å². The van der Waals surface area contributed by atoms with Crippen LogP contribution in [-0.2, 0) is 15.8 Å². The molecule has 0 spiro atoms. The molecule has 0 bridgehead atoms. The van der Waals surface area contributed by atoms with Crippen LogP contribution in [0.3, 0.4) is 0 Å². The predicted molar refractivity (Wildman–Crippen MR) is 120 cm³/mol. The summed E-state index contributed by atoms with van der Waals surface area (Å²) in [4.78, 5) is 48.2. The van der Waals surface area contributed by atoms with Gasteiger partial charge in [0.05, 0.1) is 17.3 Å². The predicted octanol–water partition coefficient (Wildman–Crippen LogP) is 3.13. The van der Waals surface area contributed by atoms with E-state index in [-0.39, 0.29) is 49.3 Å². The molecular formula is C23H25F3N6O3. The summed E-state index contributed by atoms with van der Waals surface area (Å²) in [5.41, 5.74) is 6.02. The van der Waals surface area contributed by atoms with Crippen molar-refractivity contribution in [2.24, 2.45) is 0 Å². The second-order valence-corrected chi connectivity index (χ2v) is 8.48. The number of carbonyl (C=O) groups is 3. The minimum absolute atomic E-state index is 0.0516. The van der Waals surface area contributed by atoms with Gasteiger partial charge in [-0.2, -0.15) is 13.2 Å². The number of hydrogen-bond acceptors (Lipinski definition) is 6. The zero-order valence-corrected chi connectivity index (χ0v) is 18.8. The Morgan fingerprint density at radius 3 is 2.77 bits per heavy atom. The van der Waals surface area contributed by atoms with Gasteiger partial charge < -0.3 is 16.0 Å². The lowest BCUT2D eigenvalue weighted by molar-refractivity contribution is -0.138. The molecule has 0 unspecified atom stereocenters. The van der Waals surface area contributed by atoms with Crippen molar-refractivity contribution in [2.45, 2.75) is 44.3 Å². The van der Waals surface area contributed by atoms with Gasteiger partial charge in [0.15, 0.2) is 0 Å². The highest BCUT2D eigenvalue weighted by molar-refractivity contribution is 5.97. The first-order chi connectivity index (χ1) is 16.6. The van der Waals surface area contributed by atoms with Gasteiger partial charge in [0, 0.05) is 44.2 Å². The summed E-state index contributed by atoms with van der Waals surface area (Å²) in [6, 6.07) is 3.78. The number of imide groups is 1. The van der Waals surface area contributed by atoms with Crippen molar-refractivity contribution in [3.63, 3.8) is 0 Å². The standard InChI is InChI=1S/C23H25F3N6O3/c24-23(25,26)15-5-3-4-14(12-15)16-13-29-21(27)30-20(16)17-6-1-2-10-31(17)19(34)8-11-32-18(33)7-9-28-22(32)35/h3-5,12-13,17H,1-2,6-11H2,(H,28,35)(H2,27,29,30)/t17-/m1/s1. The number of likely N-dealkylation sites (tertiary alicyclic amines) is 1. The lowest BCUT2D eigenvalue weighted by atomic mass is 9.93. The summed E-state index contributed by atoms with van der Waals surface area (Å²) in [5.74, 6) is -0.676. The van der Waals surface area contributed by atoms with Crippen LogP contribution in [-0.4, -0.2) is 57.2 Å². The number of nitrogens with zero attached hydrogens (tertiary/aromatic N) is 4. The van der Waals surface area contributed by atoms with E-state index in [0.29, 0.717) is 24.2 Å². The third-order valence-corrected chi connectivity index (χ3v) is 6.19. The molecule has 2 fully saturated rings. The summed E-state index contributed by atoms with van der Waals surface area (Å²) in [5, 5.41) is 2.58. The van der Waals surface area contributed by atoms with Crippen LogP contribution >= 0.6 is 0 Å². The number of halogens is 3. The number of nitrogens with two attached hydrogens (primary N) is 1. The minimum atomic E-state index is -4.52. The number of piperidine rings is 1. The van der Waals surface area contributed by atoms with Crippen molar-refractivity contribution in [2.75, 3.05) is 25.4 Å². The number of nitrogens with one attached hydrogen (secondary N) is 1. The molecule has 1 aromatic carbocycles. The van der Waals surface area contributed by atoms with Crippen LogP contribution in [0.1, 0.15) is 49.4 Å². The van der Waals surface area contributed by atoms with Crippen molar-refractivity contribution < 1.29 is 27.6 Å². The highest BCUT2D eigenvalue weighted by Gasteiger charge is 2.34. The fourth-order valence-corrected chi connectivity index (χ4v) is 4.46. The second kappa shape index (κ2) is 9.88. The minimum Gasteiger partial charge on any atom is -0.368 e. The molecule has 3 heterocycles. The maximum atomic E-state index is 13.3. The Labute approximate surface area is 199 Å². The summed E-state index contributed by atoms with van der Waals surface area (Å²) in [6.45, 7) is 0.623. The van der Waals surface area contributed by atoms with E-state index in [1.54, 1.807) is 4.90 Å². The molecule has 2 aliphatic heterocycles. The van der Waals surface area contributed by atoms with E-state index in [2.05, 4.69) is 15.3 Å². The molecule has 2 aliphatic rings.